The molecule has 0 aromatic heterocycles. The van der Waals surface area contributed by atoms with Crippen LogP contribution in [0.5, 0.6) is 0 Å². The number of rotatable bonds is 2. The largest absolute Gasteiger partial charge is 0.376 e. The Morgan fingerprint density at radius 3 is 3.06 bits per heavy atom. The van der Waals surface area contributed by atoms with Gasteiger partial charge < -0.3 is 15.4 Å². The van der Waals surface area contributed by atoms with Crippen LogP contribution in [0.1, 0.15) is 30.0 Å². The molecule has 2 atom stereocenters. The first-order valence-corrected chi connectivity index (χ1v) is 6.46. The van der Waals surface area contributed by atoms with Gasteiger partial charge in [-0.3, -0.25) is 4.79 Å². The molecule has 96 valence electrons. The van der Waals surface area contributed by atoms with Crippen LogP contribution in [0.2, 0.25) is 0 Å². The van der Waals surface area contributed by atoms with Crippen molar-refractivity contribution in [2.75, 3.05) is 18.1 Å². The molecule has 18 heavy (non-hydrogen) atoms. The van der Waals surface area contributed by atoms with E-state index in [0.29, 0.717) is 6.54 Å². The van der Waals surface area contributed by atoms with Crippen molar-refractivity contribution in [2.24, 2.45) is 5.73 Å². The van der Waals surface area contributed by atoms with Crippen LogP contribution in [-0.2, 0) is 9.53 Å². The van der Waals surface area contributed by atoms with Gasteiger partial charge in [-0.1, -0.05) is 18.2 Å². The Morgan fingerprint density at radius 1 is 1.50 bits per heavy atom. The monoisotopic (exact) mass is 246 g/mol. The molecule has 2 aliphatic heterocycles. The van der Waals surface area contributed by atoms with E-state index in [2.05, 4.69) is 0 Å². The molecule has 0 spiro atoms. The maximum absolute atomic E-state index is 12.2. The molecule has 2 unspecified atom stereocenters. The highest BCUT2D eigenvalue weighted by atomic mass is 16.5. The maximum atomic E-state index is 12.2. The van der Waals surface area contributed by atoms with E-state index in [1.807, 2.05) is 30.0 Å². The van der Waals surface area contributed by atoms with Crippen molar-refractivity contribution in [3.05, 3.63) is 29.3 Å². The molecule has 3 rings (SSSR count). The molecule has 0 bridgehead atoms. The molecule has 0 aliphatic carbocycles. The summed E-state index contributed by atoms with van der Waals surface area (Å²) in [6, 6.07) is 5.41. The topological polar surface area (TPSA) is 55.6 Å². The second-order valence-corrected chi connectivity index (χ2v) is 5.07. The molecule has 1 amide bonds. The molecule has 1 aromatic rings. The van der Waals surface area contributed by atoms with Gasteiger partial charge in [0.1, 0.15) is 6.04 Å². The van der Waals surface area contributed by atoms with E-state index in [1.165, 1.54) is 0 Å². The predicted molar refractivity (Wildman–Crippen MR) is 69.4 cm³/mol. The van der Waals surface area contributed by atoms with E-state index >= 15 is 0 Å². The SMILES string of the molecule is Cc1cccc2c1N(CC1CCCO1)C(=O)C2N. The Hall–Kier alpha value is -1.39. The zero-order chi connectivity index (χ0) is 12.7. The van der Waals surface area contributed by atoms with E-state index in [1.54, 1.807) is 0 Å². The molecule has 1 saturated heterocycles. The molecule has 1 fully saturated rings. The van der Waals surface area contributed by atoms with Crippen LogP contribution >= 0.6 is 0 Å². The summed E-state index contributed by atoms with van der Waals surface area (Å²) in [7, 11) is 0. The summed E-state index contributed by atoms with van der Waals surface area (Å²) in [4.78, 5) is 14.1. The fourth-order valence-electron chi connectivity index (χ4n) is 2.89. The third-order valence-corrected chi connectivity index (χ3v) is 3.82. The van der Waals surface area contributed by atoms with Crippen LogP contribution in [0.4, 0.5) is 5.69 Å². The number of anilines is 1. The van der Waals surface area contributed by atoms with Crippen LogP contribution in [0.15, 0.2) is 18.2 Å². The number of hydrogen-bond donors (Lipinski definition) is 1. The van der Waals surface area contributed by atoms with E-state index < -0.39 is 6.04 Å². The van der Waals surface area contributed by atoms with Crippen molar-refractivity contribution in [1.82, 2.24) is 0 Å². The molecule has 0 saturated carbocycles. The third-order valence-electron chi connectivity index (χ3n) is 3.82. The van der Waals surface area contributed by atoms with Gasteiger partial charge in [0.25, 0.3) is 0 Å². The molecule has 2 N–H and O–H groups in total. The fraction of sp³-hybridized carbons (Fsp3) is 0.500. The molecule has 0 radical (unpaired) electrons. The minimum absolute atomic E-state index is 0.00481. The number of amides is 1. The number of aryl methyl sites for hydroxylation is 1. The first kappa shape index (κ1) is 11.7. The van der Waals surface area contributed by atoms with Crippen molar-refractivity contribution in [3.8, 4) is 0 Å². The number of nitrogens with zero attached hydrogens (tertiary/aromatic N) is 1. The third kappa shape index (κ3) is 1.72. The highest BCUT2D eigenvalue weighted by Gasteiger charge is 2.37. The van der Waals surface area contributed by atoms with Crippen LogP contribution in [0, 0.1) is 6.92 Å². The van der Waals surface area contributed by atoms with Gasteiger partial charge >= 0.3 is 0 Å². The quantitative estimate of drug-likeness (QED) is 0.860. The maximum Gasteiger partial charge on any atom is 0.248 e. The summed E-state index contributed by atoms with van der Waals surface area (Å²) < 4.78 is 5.62. The van der Waals surface area contributed by atoms with Crippen LogP contribution in [0.25, 0.3) is 0 Å². The Kier molecular flexibility index (Phi) is 2.84. The van der Waals surface area contributed by atoms with E-state index in [0.717, 1.165) is 36.3 Å². The Bertz CT molecular complexity index is 481. The number of para-hydroxylation sites is 1. The highest BCUT2D eigenvalue weighted by Crippen LogP contribution is 2.37. The highest BCUT2D eigenvalue weighted by molar-refractivity contribution is 6.05. The average molecular weight is 246 g/mol. The number of benzene rings is 1. The zero-order valence-electron chi connectivity index (χ0n) is 10.6. The van der Waals surface area contributed by atoms with Crippen LogP contribution in [-0.4, -0.2) is 25.2 Å². The molecular formula is C14H18N2O2. The molecule has 4 heteroatoms. The predicted octanol–water partition coefficient (Wildman–Crippen LogP) is 1.52. The summed E-state index contributed by atoms with van der Waals surface area (Å²) >= 11 is 0. The zero-order valence-corrected chi connectivity index (χ0v) is 10.6. The lowest BCUT2D eigenvalue weighted by molar-refractivity contribution is -0.119. The standard InChI is InChI=1S/C14H18N2O2/c1-9-4-2-6-11-12(15)14(17)16(13(9)11)8-10-5-3-7-18-10/h2,4,6,10,12H,3,5,7-8,15H2,1H3. The second-order valence-electron chi connectivity index (χ2n) is 5.07. The summed E-state index contributed by atoms with van der Waals surface area (Å²) in [5.74, 6) is -0.00481. The molecule has 2 heterocycles. The van der Waals surface area contributed by atoms with Gasteiger partial charge in [0, 0.05) is 12.2 Å². The van der Waals surface area contributed by atoms with E-state index in [4.69, 9.17) is 10.5 Å². The van der Waals surface area contributed by atoms with E-state index in [9.17, 15) is 4.79 Å². The van der Waals surface area contributed by atoms with Gasteiger partial charge in [0.15, 0.2) is 0 Å². The number of ether oxygens (including phenoxy) is 1. The summed E-state index contributed by atoms with van der Waals surface area (Å²) in [6.07, 6.45) is 2.27. The lowest BCUT2D eigenvalue weighted by Crippen LogP contribution is -2.37. The van der Waals surface area contributed by atoms with Crippen molar-refractivity contribution < 1.29 is 9.53 Å². The minimum Gasteiger partial charge on any atom is -0.376 e. The van der Waals surface area contributed by atoms with Crippen molar-refractivity contribution in [1.29, 1.82) is 0 Å². The van der Waals surface area contributed by atoms with Gasteiger partial charge in [0.2, 0.25) is 5.91 Å². The molecule has 4 nitrogen and oxygen atoms in total. The number of carbonyl (C=O) groups is 1. The van der Waals surface area contributed by atoms with Crippen molar-refractivity contribution in [3.63, 3.8) is 0 Å². The summed E-state index contributed by atoms with van der Waals surface area (Å²) in [6.45, 7) is 3.45. The van der Waals surface area contributed by atoms with Gasteiger partial charge in [-0.25, -0.2) is 0 Å². The second kappa shape index (κ2) is 4.37. The number of fused-ring (bicyclic) bond motifs is 1. The van der Waals surface area contributed by atoms with Crippen molar-refractivity contribution in [2.45, 2.75) is 31.9 Å². The van der Waals surface area contributed by atoms with Crippen molar-refractivity contribution >= 4 is 11.6 Å². The van der Waals surface area contributed by atoms with Crippen LogP contribution in [0.3, 0.4) is 0 Å². The fourth-order valence-corrected chi connectivity index (χ4v) is 2.89. The molecule has 1 aromatic carbocycles. The van der Waals surface area contributed by atoms with Gasteiger partial charge in [-0.15, -0.1) is 0 Å². The number of carbonyl (C=O) groups excluding carboxylic acids is 1. The van der Waals surface area contributed by atoms with Gasteiger partial charge in [-0.2, -0.15) is 0 Å². The lowest BCUT2D eigenvalue weighted by Gasteiger charge is -2.22. The molecule has 2 aliphatic rings. The Labute approximate surface area is 107 Å². The molecular weight excluding hydrogens is 228 g/mol. The first-order valence-electron chi connectivity index (χ1n) is 6.46. The average Bonchev–Trinajstić information content (AvgIpc) is 2.94. The normalized spacial score (nSPS) is 26.8. The van der Waals surface area contributed by atoms with Gasteiger partial charge in [0.05, 0.1) is 18.3 Å². The Morgan fingerprint density at radius 2 is 2.33 bits per heavy atom. The number of hydrogen-bond acceptors (Lipinski definition) is 3. The summed E-state index contributed by atoms with van der Waals surface area (Å²) in [5.41, 5.74) is 9.03. The number of nitrogens with two attached hydrogens (primary N) is 1. The Balaban J connectivity index is 1.93. The van der Waals surface area contributed by atoms with Crippen LogP contribution < -0.4 is 10.6 Å². The van der Waals surface area contributed by atoms with Gasteiger partial charge in [-0.05, 0) is 25.3 Å². The minimum atomic E-state index is -0.513. The smallest absolute Gasteiger partial charge is 0.248 e. The first-order chi connectivity index (χ1) is 8.68. The summed E-state index contributed by atoms with van der Waals surface area (Å²) in [5, 5.41) is 0. The van der Waals surface area contributed by atoms with E-state index in [-0.39, 0.29) is 12.0 Å². The lowest BCUT2D eigenvalue weighted by atomic mass is 10.1.